The first kappa shape index (κ1) is 23.0. The average molecular weight is 471 g/mol. The Labute approximate surface area is 192 Å². The summed E-state index contributed by atoms with van der Waals surface area (Å²) in [4.78, 5) is 28.6. The molecule has 11 heteroatoms. The third kappa shape index (κ3) is 4.92. The summed E-state index contributed by atoms with van der Waals surface area (Å²) in [6.07, 6.45) is 0.280. The van der Waals surface area contributed by atoms with E-state index in [0.717, 1.165) is 12.1 Å². The van der Waals surface area contributed by atoms with Gasteiger partial charge in [-0.2, -0.15) is 18.3 Å². The van der Waals surface area contributed by atoms with Crippen molar-refractivity contribution in [3.63, 3.8) is 0 Å². The number of hydrogen-bond donors (Lipinski definition) is 3. The maximum absolute atomic E-state index is 13.0. The normalized spacial score (nSPS) is 14.4. The van der Waals surface area contributed by atoms with Crippen LogP contribution in [0.4, 0.5) is 18.9 Å². The van der Waals surface area contributed by atoms with Crippen molar-refractivity contribution in [3.8, 4) is 0 Å². The van der Waals surface area contributed by atoms with Gasteiger partial charge in [-0.15, -0.1) is 0 Å². The molecule has 0 saturated heterocycles. The summed E-state index contributed by atoms with van der Waals surface area (Å²) in [6, 6.07) is 7.73. The standard InChI is InChI=1S/C23H20F3N5O3/c1-13-19-17(29-28-16-5-2-4-15(12-16)23(24,25)26)6-3-7-18(19)34-20(13)22(33)31-30-21(32)14-8-10-27-11-9-14/h2,4-5,8-12,28H,3,6-7H2,1H3,(H,30,32)(H,31,33)/b29-17+. The van der Waals surface area contributed by atoms with Gasteiger partial charge in [-0.05, 0) is 50.1 Å². The second kappa shape index (κ2) is 9.38. The van der Waals surface area contributed by atoms with Crippen molar-refractivity contribution >= 4 is 23.2 Å². The van der Waals surface area contributed by atoms with Crippen LogP contribution in [0.25, 0.3) is 0 Å². The minimum Gasteiger partial charge on any atom is -0.455 e. The molecule has 0 spiro atoms. The number of hydrazone groups is 1. The van der Waals surface area contributed by atoms with E-state index in [2.05, 4.69) is 26.4 Å². The zero-order chi connectivity index (χ0) is 24.3. The quantitative estimate of drug-likeness (QED) is 0.494. The van der Waals surface area contributed by atoms with E-state index < -0.39 is 23.6 Å². The first-order valence-corrected chi connectivity index (χ1v) is 10.4. The number of fused-ring (bicyclic) bond motifs is 1. The number of nitrogens with zero attached hydrogens (tertiary/aromatic N) is 2. The maximum Gasteiger partial charge on any atom is 0.416 e. The number of furan rings is 1. The van der Waals surface area contributed by atoms with Crippen molar-refractivity contribution in [3.05, 3.63) is 82.6 Å². The number of benzene rings is 1. The molecule has 34 heavy (non-hydrogen) atoms. The van der Waals surface area contributed by atoms with Crippen molar-refractivity contribution in [2.75, 3.05) is 5.43 Å². The molecule has 3 N–H and O–H groups in total. The highest BCUT2D eigenvalue weighted by atomic mass is 19.4. The average Bonchev–Trinajstić information content (AvgIpc) is 3.18. The summed E-state index contributed by atoms with van der Waals surface area (Å²) in [7, 11) is 0. The molecule has 0 atom stereocenters. The van der Waals surface area contributed by atoms with Gasteiger partial charge in [0.25, 0.3) is 5.91 Å². The van der Waals surface area contributed by atoms with Gasteiger partial charge in [-0.3, -0.25) is 30.9 Å². The molecule has 2 heterocycles. The molecule has 0 saturated carbocycles. The number of alkyl halides is 3. The van der Waals surface area contributed by atoms with Crippen molar-refractivity contribution < 1.29 is 27.2 Å². The number of rotatable bonds is 4. The molecule has 0 unspecified atom stereocenters. The van der Waals surface area contributed by atoms with Crippen LogP contribution in [0, 0.1) is 6.92 Å². The van der Waals surface area contributed by atoms with Crippen molar-refractivity contribution in [2.24, 2.45) is 5.10 Å². The first-order valence-electron chi connectivity index (χ1n) is 10.4. The molecule has 8 nitrogen and oxygen atoms in total. The van der Waals surface area contributed by atoms with Gasteiger partial charge >= 0.3 is 12.1 Å². The number of pyridine rings is 1. The van der Waals surface area contributed by atoms with E-state index in [4.69, 9.17) is 4.42 Å². The Morgan fingerprint density at radius 2 is 1.79 bits per heavy atom. The summed E-state index contributed by atoms with van der Waals surface area (Å²) in [5.41, 5.74) is 8.77. The number of anilines is 1. The number of hydrogen-bond acceptors (Lipinski definition) is 6. The smallest absolute Gasteiger partial charge is 0.416 e. The number of amides is 2. The topological polar surface area (TPSA) is 109 Å². The van der Waals surface area contributed by atoms with Crippen molar-refractivity contribution in [1.82, 2.24) is 15.8 Å². The van der Waals surface area contributed by atoms with E-state index in [1.807, 2.05) is 0 Å². The van der Waals surface area contributed by atoms with Gasteiger partial charge < -0.3 is 4.42 Å². The van der Waals surface area contributed by atoms with E-state index in [1.54, 1.807) is 6.92 Å². The van der Waals surface area contributed by atoms with Gasteiger partial charge in [0.15, 0.2) is 5.76 Å². The molecule has 1 aromatic carbocycles. The number of hydrazine groups is 1. The third-order valence-electron chi connectivity index (χ3n) is 5.27. The van der Waals surface area contributed by atoms with Crippen LogP contribution in [-0.2, 0) is 12.6 Å². The fraction of sp³-hybridized carbons (Fsp3) is 0.217. The van der Waals surface area contributed by atoms with E-state index >= 15 is 0 Å². The third-order valence-corrected chi connectivity index (χ3v) is 5.27. The number of carbonyl (C=O) groups excluding carboxylic acids is 2. The molecular weight excluding hydrogens is 451 g/mol. The number of aryl methyl sites for hydroxylation is 1. The lowest BCUT2D eigenvalue weighted by atomic mass is 9.93. The lowest BCUT2D eigenvalue weighted by Crippen LogP contribution is -2.41. The van der Waals surface area contributed by atoms with E-state index in [9.17, 15) is 22.8 Å². The molecule has 0 fully saturated rings. The number of carbonyl (C=O) groups is 2. The highest BCUT2D eigenvalue weighted by molar-refractivity contribution is 6.07. The molecule has 2 aromatic heterocycles. The summed E-state index contributed by atoms with van der Waals surface area (Å²) in [5.74, 6) is -0.579. The van der Waals surface area contributed by atoms with Crippen molar-refractivity contribution in [2.45, 2.75) is 32.4 Å². The molecular formula is C23H20F3N5O3. The van der Waals surface area contributed by atoms with Crippen LogP contribution in [0.5, 0.6) is 0 Å². The van der Waals surface area contributed by atoms with Crippen LogP contribution in [-0.4, -0.2) is 22.5 Å². The molecule has 0 radical (unpaired) electrons. The summed E-state index contributed by atoms with van der Waals surface area (Å²) < 4.78 is 44.6. The Hall–Kier alpha value is -4.15. The summed E-state index contributed by atoms with van der Waals surface area (Å²) in [6.45, 7) is 1.69. The second-order valence-electron chi connectivity index (χ2n) is 7.60. The van der Waals surface area contributed by atoms with Crippen LogP contribution in [0.3, 0.4) is 0 Å². The molecule has 2 amide bonds. The van der Waals surface area contributed by atoms with Crippen LogP contribution < -0.4 is 16.3 Å². The monoisotopic (exact) mass is 471 g/mol. The minimum absolute atomic E-state index is 0.0219. The van der Waals surface area contributed by atoms with Gasteiger partial charge in [-0.1, -0.05) is 6.07 Å². The number of nitrogens with one attached hydrogen (secondary N) is 3. The number of aromatic nitrogens is 1. The van der Waals surface area contributed by atoms with E-state index in [0.29, 0.717) is 47.4 Å². The maximum atomic E-state index is 13.0. The predicted molar refractivity (Wildman–Crippen MR) is 117 cm³/mol. The predicted octanol–water partition coefficient (Wildman–Crippen LogP) is 4.23. The van der Waals surface area contributed by atoms with Crippen LogP contribution in [0.2, 0.25) is 0 Å². The Bertz CT molecular complexity index is 1250. The molecule has 176 valence electrons. The van der Waals surface area contributed by atoms with Gasteiger partial charge in [0.2, 0.25) is 0 Å². The van der Waals surface area contributed by atoms with Crippen LogP contribution in [0.1, 0.15) is 56.2 Å². The molecule has 0 bridgehead atoms. The SMILES string of the molecule is Cc1c(C(=O)NNC(=O)c2ccncc2)oc2c1/C(=N/Nc1cccc(C(F)(F)F)c1)CCC2. The first-order chi connectivity index (χ1) is 16.2. The fourth-order valence-electron chi connectivity index (χ4n) is 3.64. The van der Waals surface area contributed by atoms with E-state index in [-0.39, 0.29) is 11.4 Å². The van der Waals surface area contributed by atoms with Crippen LogP contribution >= 0.6 is 0 Å². The largest absolute Gasteiger partial charge is 0.455 e. The molecule has 4 rings (SSSR count). The minimum atomic E-state index is -4.46. The molecule has 1 aliphatic carbocycles. The van der Waals surface area contributed by atoms with Crippen LogP contribution in [0.15, 0.2) is 58.3 Å². The zero-order valence-corrected chi connectivity index (χ0v) is 18.0. The van der Waals surface area contributed by atoms with Gasteiger partial charge in [-0.25, -0.2) is 0 Å². The van der Waals surface area contributed by atoms with Gasteiger partial charge in [0.05, 0.1) is 17.0 Å². The Balaban J connectivity index is 1.50. The Morgan fingerprint density at radius 3 is 2.53 bits per heavy atom. The zero-order valence-electron chi connectivity index (χ0n) is 18.0. The van der Waals surface area contributed by atoms with E-state index in [1.165, 1.54) is 36.7 Å². The molecule has 3 aromatic rings. The second-order valence-corrected chi connectivity index (χ2v) is 7.60. The highest BCUT2D eigenvalue weighted by Crippen LogP contribution is 2.32. The van der Waals surface area contributed by atoms with Crippen molar-refractivity contribution in [1.29, 1.82) is 0 Å². The lowest BCUT2D eigenvalue weighted by molar-refractivity contribution is -0.137. The highest BCUT2D eigenvalue weighted by Gasteiger charge is 2.31. The summed E-state index contributed by atoms with van der Waals surface area (Å²) in [5, 5.41) is 4.30. The molecule has 0 aliphatic heterocycles. The fourth-order valence-corrected chi connectivity index (χ4v) is 3.64. The van der Waals surface area contributed by atoms with Gasteiger partial charge in [0, 0.05) is 35.5 Å². The molecule has 1 aliphatic rings. The Morgan fingerprint density at radius 1 is 1.06 bits per heavy atom. The lowest BCUT2D eigenvalue weighted by Gasteiger charge is -2.14. The summed E-state index contributed by atoms with van der Waals surface area (Å²) >= 11 is 0. The Kier molecular flexibility index (Phi) is 6.35. The van der Waals surface area contributed by atoms with Gasteiger partial charge in [0.1, 0.15) is 5.76 Å². The number of halogens is 3.